The Labute approximate surface area is 140 Å². The highest BCUT2D eigenvalue weighted by molar-refractivity contribution is 7.89. The Bertz CT molecular complexity index is 603. The van der Waals surface area contributed by atoms with Crippen molar-refractivity contribution in [2.75, 3.05) is 7.11 Å². The van der Waals surface area contributed by atoms with Crippen molar-refractivity contribution in [3.63, 3.8) is 0 Å². The molecule has 4 nitrogen and oxygen atoms in total. The van der Waals surface area contributed by atoms with Crippen molar-refractivity contribution in [3.8, 4) is 5.75 Å². The molecule has 0 radical (unpaired) electrons. The molecule has 0 aromatic heterocycles. The first-order valence-electron chi connectivity index (χ1n) is 8.64. The lowest BCUT2D eigenvalue weighted by atomic mass is 9.97. The molecule has 2 rings (SSSR count). The molecule has 0 spiro atoms. The van der Waals surface area contributed by atoms with E-state index in [4.69, 9.17) is 4.74 Å². The Kier molecular flexibility index (Phi) is 6.48. The van der Waals surface area contributed by atoms with Crippen LogP contribution in [-0.4, -0.2) is 21.6 Å². The van der Waals surface area contributed by atoms with E-state index in [0.29, 0.717) is 4.90 Å². The summed E-state index contributed by atoms with van der Waals surface area (Å²) in [6.07, 6.45) is 7.77. The van der Waals surface area contributed by atoms with Crippen molar-refractivity contribution >= 4 is 10.0 Å². The number of hydrogen-bond donors (Lipinski definition) is 1. The smallest absolute Gasteiger partial charge is 0.240 e. The third kappa shape index (κ3) is 4.95. The Morgan fingerprint density at radius 3 is 2.26 bits per heavy atom. The maximum atomic E-state index is 12.7. The lowest BCUT2D eigenvalue weighted by Crippen LogP contribution is -2.35. The lowest BCUT2D eigenvalue weighted by Gasteiger charge is -2.21. The van der Waals surface area contributed by atoms with Crippen molar-refractivity contribution in [2.24, 2.45) is 0 Å². The third-order valence-electron chi connectivity index (χ3n) is 4.56. The molecule has 0 atom stereocenters. The van der Waals surface area contributed by atoms with Crippen LogP contribution in [0.5, 0.6) is 5.75 Å². The van der Waals surface area contributed by atoms with Gasteiger partial charge in [-0.15, -0.1) is 0 Å². The standard InChI is InChI=1S/C18H29NO3S/c1-14(2)17-13-16(11-12-18(17)22-3)23(20,21)19-15-9-7-5-4-6-8-10-15/h11-15,19H,4-10H2,1-3H3. The first-order chi connectivity index (χ1) is 10.9. The first kappa shape index (κ1) is 18.3. The van der Waals surface area contributed by atoms with Gasteiger partial charge in [0.05, 0.1) is 12.0 Å². The van der Waals surface area contributed by atoms with Gasteiger partial charge < -0.3 is 4.74 Å². The van der Waals surface area contributed by atoms with Gasteiger partial charge in [-0.3, -0.25) is 0 Å². The zero-order valence-electron chi connectivity index (χ0n) is 14.5. The molecule has 130 valence electrons. The molecule has 0 bridgehead atoms. The van der Waals surface area contributed by atoms with Gasteiger partial charge in [-0.1, -0.05) is 46.0 Å². The summed E-state index contributed by atoms with van der Waals surface area (Å²) in [6.45, 7) is 4.08. The fraction of sp³-hybridized carbons (Fsp3) is 0.667. The molecule has 1 fully saturated rings. The Morgan fingerprint density at radius 2 is 1.70 bits per heavy atom. The molecule has 0 unspecified atom stereocenters. The maximum absolute atomic E-state index is 12.7. The number of methoxy groups -OCH3 is 1. The third-order valence-corrected chi connectivity index (χ3v) is 6.08. The molecule has 0 saturated heterocycles. The second kappa shape index (κ2) is 8.15. The lowest BCUT2D eigenvalue weighted by molar-refractivity contribution is 0.407. The molecule has 1 aliphatic carbocycles. The summed E-state index contributed by atoms with van der Waals surface area (Å²) in [5, 5.41) is 0. The minimum atomic E-state index is -3.47. The van der Waals surface area contributed by atoms with Gasteiger partial charge in [0.15, 0.2) is 0 Å². The van der Waals surface area contributed by atoms with Gasteiger partial charge in [0.25, 0.3) is 0 Å². The summed E-state index contributed by atoms with van der Waals surface area (Å²) in [4.78, 5) is 0.337. The number of ether oxygens (including phenoxy) is 1. The van der Waals surface area contributed by atoms with Crippen molar-refractivity contribution in [1.29, 1.82) is 0 Å². The van der Waals surface area contributed by atoms with Crippen LogP contribution in [0.15, 0.2) is 23.1 Å². The summed E-state index contributed by atoms with van der Waals surface area (Å²) in [7, 11) is -1.86. The highest BCUT2D eigenvalue weighted by Gasteiger charge is 2.22. The van der Waals surface area contributed by atoms with Crippen LogP contribution < -0.4 is 9.46 Å². The van der Waals surface area contributed by atoms with Gasteiger partial charge in [-0.2, -0.15) is 0 Å². The van der Waals surface area contributed by atoms with E-state index < -0.39 is 10.0 Å². The zero-order chi connectivity index (χ0) is 16.9. The van der Waals surface area contributed by atoms with Gasteiger partial charge in [0, 0.05) is 6.04 Å². The Hall–Kier alpha value is -1.07. The fourth-order valence-electron chi connectivity index (χ4n) is 3.19. The number of benzene rings is 1. The topological polar surface area (TPSA) is 55.4 Å². The maximum Gasteiger partial charge on any atom is 0.240 e. The van der Waals surface area contributed by atoms with E-state index in [0.717, 1.165) is 37.0 Å². The molecule has 0 heterocycles. The average Bonchev–Trinajstić information content (AvgIpc) is 2.49. The number of hydrogen-bond acceptors (Lipinski definition) is 3. The largest absolute Gasteiger partial charge is 0.496 e. The van der Waals surface area contributed by atoms with Crippen molar-refractivity contribution in [3.05, 3.63) is 23.8 Å². The zero-order valence-corrected chi connectivity index (χ0v) is 15.3. The molecular weight excluding hydrogens is 310 g/mol. The van der Waals surface area contributed by atoms with Crippen molar-refractivity contribution in [1.82, 2.24) is 4.72 Å². The molecule has 0 aliphatic heterocycles. The molecule has 1 aliphatic rings. The molecule has 5 heteroatoms. The summed E-state index contributed by atoms with van der Waals surface area (Å²) in [5.41, 5.74) is 0.924. The molecule has 1 saturated carbocycles. The van der Waals surface area contributed by atoms with Crippen LogP contribution in [0, 0.1) is 0 Å². The fourth-order valence-corrected chi connectivity index (χ4v) is 4.53. The van der Waals surface area contributed by atoms with Gasteiger partial charge in [-0.05, 0) is 42.5 Å². The molecule has 1 N–H and O–H groups in total. The van der Waals surface area contributed by atoms with Gasteiger partial charge in [0.1, 0.15) is 5.75 Å². The second-order valence-corrected chi connectivity index (χ2v) is 8.44. The predicted octanol–water partition coefficient (Wildman–Crippen LogP) is 4.21. The van der Waals surface area contributed by atoms with E-state index in [1.807, 2.05) is 13.8 Å². The predicted molar refractivity (Wildman–Crippen MR) is 93.5 cm³/mol. The minimum absolute atomic E-state index is 0.0601. The van der Waals surface area contributed by atoms with Gasteiger partial charge >= 0.3 is 0 Å². The van der Waals surface area contributed by atoms with E-state index in [-0.39, 0.29) is 12.0 Å². The monoisotopic (exact) mass is 339 g/mol. The molecular formula is C18H29NO3S. The van der Waals surface area contributed by atoms with Crippen LogP contribution in [-0.2, 0) is 10.0 Å². The molecule has 1 aromatic rings. The number of rotatable bonds is 5. The summed E-state index contributed by atoms with van der Waals surface area (Å²) < 4.78 is 33.7. The van der Waals surface area contributed by atoms with E-state index >= 15 is 0 Å². The normalized spacial score (nSPS) is 17.7. The Morgan fingerprint density at radius 1 is 1.09 bits per heavy atom. The second-order valence-electron chi connectivity index (χ2n) is 6.72. The van der Waals surface area contributed by atoms with E-state index in [2.05, 4.69) is 4.72 Å². The summed E-state index contributed by atoms with van der Waals surface area (Å²) in [6, 6.07) is 5.19. The van der Waals surface area contributed by atoms with Gasteiger partial charge in [0.2, 0.25) is 10.0 Å². The molecule has 1 aromatic carbocycles. The van der Waals surface area contributed by atoms with Crippen LogP contribution in [0.25, 0.3) is 0 Å². The van der Waals surface area contributed by atoms with Gasteiger partial charge in [-0.25, -0.2) is 13.1 Å². The van der Waals surface area contributed by atoms with Crippen LogP contribution in [0.2, 0.25) is 0 Å². The van der Waals surface area contributed by atoms with E-state index in [1.54, 1.807) is 25.3 Å². The van der Waals surface area contributed by atoms with Crippen LogP contribution in [0.4, 0.5) is 0 Å². The molecule has 0 amide bonds. The highest BCUT2D eigenvalue weighted by atomic mass is 32.2. The quantitative estimate of drug-likeness (QED) is 0.874. The van der Waals surface area contributed by atoms with Crippen LogP contribution >= 0.6 is 0 Å². The van der Waals surface area contributed by atoms with Crippen LogP contribution in [0.1, 0.15) is 70.3 Å². The van der Waals surface area contributed by atoms with Crippen molar-refractivity contribution < 1.29 is 13.2 Å². The summed E-state index contributed by atoms with van der Waals surface area (Å²) >= 11 is 0. The Balaban J connectivity index is 2.19. The van der Waals surface area contributed by atoms with Crippen molar-refractivity contribution in [2.45, 2.75) is 75.6 Å². The highest BCUT2D eigenvalue weighted by Crippen LogP contribution is 2.29. The number of sulfonamides is 1. The van der Waals surface area contributed by atoms with Crippen LogP contribution in [0.3, 0.4) is 0 Å². The minimum Gasteiger partial charge on any atom is -0.496 e. The number of nitrogens with one attached hydrogen (secondary N) is 1. The SMILES string of the molecule is COc1ccc(S(=O)(=O)NC2CCCCCCC2)cc1C(C)C. The average molecular weight is 340 g/mol. The van der Waals surface area contributed by atoms with E-state index in [1.165, 1.54) is 19.3 Å². The molecule has 23 heavy (non-hydrogen) atoms. The first-order valence-corrected chi connectivity index (χ1v) is 10.1. The summed E-state index contributed by atoms with van der Waals surface area (Å²) in [5.74, 6) is 0.950. The van der Waals surface area contributed by atoms with E-state index in [9.17, 15) is 8.42 Å².